The molecule has 1 heterocycles. The van der Waals surface area contributed by atoms with Crippen LogP contribution in [0.25, 0.3) is 0 Å². The standard InChI is InChI=1S/C19H18N2O5S/c1-20-27(23,24)17-9-7-15(8-10-17)21-19(22)18-14(11-12-25-18)13-26-16-5-3-2-4-6-16/h2-12,20H,13H2,1H3,(H,21,22). The molecule has 0 atom stereocenters. The molecule has 0 saturated carbocycles. The van der Waals surface area contributed by atoms with E-state index in [0.29, 0.717) is 17.0 Å². The molecule has 0 aliphatic rings. The molecule has 0 spiro atoms. The zero-order valence-corrected chi connectivity index (χ0v) is 15.3. The molecule has 0 unspecified atom stereocenters. The number of hydrogen-bond donors (Lipinski definition) is 2. The van der Waals surface area contributed by atoms with Gasteiger partial charge in [0.15, 0.2) is 5.76 Å². The topological polar surface area (TPSA) is 97.6 Å². The van der Waals surface area contributed by atoms with Gasteiger partial charge >= 0.3 is 0 Å². The first-order chi connectivity index (χ1) is 13.0. The van der Waals surface area contributed by atoms with Gasteiger partial charge in [-0.05, 0) is 49.5 Å². The van der Waals surface area contributed by atoms with Crippen LogP contribution in [-0.2, 0) is 16.6 Å². The molecule has 3 aromatic rings. The number of para-hydroxylation sites is 1. The SMILES string of the molecule is CNS(=O)(=O)c1ccc(NC(=O)c2occc2COc2ccccc2)cc1. The first kappa shape index (κ1) is 18.7. The quantitative estimate of drug-likeness (QED) is 0.650. The Kier molecular flexibility index (Phi) is 5.58. The molecule has 1 amide bonds. The molecule has 0 saturated heterocycles. The van der Waals surface area contributed by atoms with Crippen molar-refractivity contribution in [2.75, 3.05) is 12.4 Å². The molecule has 0 aliphatic heterocycles. The Bertz CT molecular complexity index is 1010. The van der Waals surface area contributed by atoms with Crippen molar-refractivity contribution in [2.45, 2.75) is 11.5 Å². The van der Waals surface area contributed by atoms with Crippen LogP contribution >= 0.6 is 0 Å². The normalized spacial score (nSPS) is 11.1. The Hall–Kier alpha value is -3.10. The number of rotatable bonds is 7. The Balaban J connectivity index is 1.67. The number of amides is 1. The van der Waals surface area contributed by atoms with E-state index in [4.69, 9.17) is 9.15 Å². The van der Waals surface area contributed by atoms with E-state index in [1.165, 1.54) is 37.6 Å². The predicted octanol–water partition coefficient (Wildman–Crippen LogP) is 3.02. The van der Waals surface area contributed by atoms with Crippen molar-refractivity contribution < 1.29 is 22.4 Å². The fourth-order valence-corrected chi connectivity index (χ4v) is 3.08. The lowest BCUT2D eigenvalue weighted by molar-refractivity contribution is 0.0993. The van der Waals surface area contributed by atoms with Crippen molar-refractivity contribution in [1.82, 2.24) is 4.72 Å². The minimum atomic E-state index is -3.52. The van der Waals surface area contributed by atoms with Crippen molar-refractivity contribution in [2.24, 2.45) is 0 Å². The summed E-state index contributed by atoms with van der Waals surface area (Å²) in [5.41, 5.74) is 1.05. The molecule has 140 valence electrons. The van der Waals surface area contributed by atoms with Gasteiger partial charge in [-0.3, -0.25) is 4.79 Å². The molecule has 0 radical (unpaired) electrons. The molecule has 0 aliphatic carbocycles. The van der Waals surface area contributed by atoms with E-state index in [-0.39, 0.29) is 17.3 Å². The summed E-state index contributed by atoms with van der Waals surface area (Å²) >= 11 is 0. The van der Waals surface area contributed by atoms with E-state index in [1.54, 1.807) is 6.07 Å². The second-order valence-electron chi connectivity index (χ2n) is 5.56. The van der Waals surface area contributed by atoms with Crippen LogP contribution in [-0.4, -0.2) is 21.4 Å². The number of anilines is 1. The summed E-state index contributed by atoms with van der Waals surface area (Å²) in [6, 6.07) is 16.7. The van der Waals surface area contributed by atoms with Crippen LogP contribution in [0, 0.1) is 0 Å². The van der Waals surface area contributed by atoms with Crippen molar-refractivity contribution >= 4 is 21.6 Å². The minimum absolute atomic E-state index is 0.109. The first-order valence-electron chi connectivity index (χ1n) is 8.09. The molecule has 8 heteroatoms. The van der Waals surface area contributed by atoms with Crippen LogP contribution in [0.2, 0.25) is 0 Å². The lowest BCUT2D eigenvalue weighted by atomic mass is 10.2. The lowest BCUT2D eigenvalue weighted by Crippen LogP contribution is -2.18. The number of sulfonamides is 1. The van der Waals surface area contributed by atoms with Gasteiger partial charge in [0.05, 0.1) is 11.2 Å². The van der Waals surface area contributed by atoms with E-state index in [0.717, 1.165) is 0 Å². The fourth-order valence-electron chi connectivity index (χ4n) is 2.35. The molecule has 0 fully saturated rings. The highest BCUT2D eigenvalue weighted by atomic mass is 32.2. The molecule has 1 aromatic heterocycles. The monoisotopic (exact) mass is 386 g/mol. The van der Waals surface area contributed by atoms with Crippen LogP contribution in [0.15, 0.2) is 76.2 Å². The zero-order chi connectivity index (χ0) is 19.3. The molecule has 27 heavy (non-hydrogen) atoms. The predicted molar refractivity (Wildman–Crippen MR) is 100 cm³/mol. The van der Waals surface area contributed by atoms with Gasteiger partial charge in [0.25, 0.3) is 5.91 Å². The third-order valence-electron chi connectivity index (χ3n) is 3.78. The van der Waals surface area contributed by atoms with Gasteiger partial charge in [-0.25, -0.2) is 13.1 Å². The Labute approximate surface area is 157 Å². The molecule has 7 nitrogen and oxygen atoms in total. The van der Waals surface area contributed by atoms with Crippen LogP contribution < -0.4 is 14.8 Å². The van der Waals surface area contributed by atoms with Gasteiger partial charge < -0.3 is 14.5 Å². The zero-order valence-electron chi connectivity index (χ0n) is 14.5. The van der Waals surface area contributed by atoms with E-state index in [2.05, 4.69) is 10.0 Å². The minimum Gasteiger partial charge on any atom is -0.489 e. The van der Waals surface area contributed by atoms with Gasteiger partial charge in [-0.15, -0.1) is 0 Å². The summed E-state index contributed by atoms with van der Waals surface area (Å²) in [7, 11) is -2.19. The largest absolute Gasteiger partial charge is 0.489 e. The number of carbonyl (C=O) groups is 1. The third-order valence-corrected chi connectivity index (χ3v) is 5.21. The lowest BCUT2D eigenvalue weighted by Gasteiger charge is -2.08. The van der Waals surface area contributed by atoms with Crippen molar-refractivity contribution in [3.05, 3.63) is 78.3 Å². The maximum Gasteiger partial charge on any atom is 0.291 e. The second-order valence-corrected chi connectivity index (χ2v) is 7.45. The maximum atomic E-state index is 12.5. The smallest absolute Gasteiger partial charge is 0.291 e. The number of ether oxygens (including phenoxy) is 1. The van der Waals surface area contributed by atoms with Gasteiger partial charge in [0, 0.05) is 11.3 Å². The maximum absolute atomic E-state index is 12.5. The van der Waals surface area contributed by atoms with Gasteiger partial charge in [-0.1, -0.05) is 18.2 Å². The number of nitrogens with one attached hydrogen (secondary N) is 2. The molecule has 2 N–H and O–H groups in total. The third kappa shape index (κ3) is 4.55. The second kappa shape index (κ2) is 8.07. The average Bonchev–Trinajstić information content (AvgIpc) is 3.16. The summed E-state index contributed by atoms with van der Waals surface area (Å²) < 4.78 is 36.6. The van der Waals surface area contributed by atoms with E-state index >= 15 is 0 Å². The van der Waals surface area contributed by atoms with Crippen LogP contribution in [0.5, 0.6) is 5.75 Å². The Morgan fingerprint density at radius 1 is 1.04 bits per heavy atom. The number of benzene rings is 2. The highest BCUT2D eigenvalue weighted by Gasteiger charge is 2.17. The number of hydrogen-bond acceptors (Lipinski definition) is 5. The molecule has 2 aromatic carbocycles. The van der Waals surface area contributed by atoms with E-state index < -0.39 is 15.9 Å². The highest BCUT2D eigenvalue weighted by Crippen LogP contribution is 2.19. The van der Waals surface area contributed by atoms with Crippen LogP contribution in [0.3, 0.4) is 0 Å². The summed E-state index contributed by atoms with van der Waals surface area (Å²) in [5, 5.41) is 2.68. The average molecular weight is 386 g/mol. The molecular weight excluding hydrogens is 368 g/mol. The molecule has 0 bridgehead atoms. The number of carbonyl (C=O) groups excluding carboxylic acids is 1. The van der Waals surface area contributed by atoms with Crippen molar-refractivity contribution in [3.8, 4) is 5.75 Å². The summed E-state index contributed by atoms with van der Waals surface area (Å²) in [4.78, 5) is 12.6. The van der Waals surface area contributed by atoms with Crippen molar-refractivity contribution in [1.29, 1.82) is 0 Å². The molecular formula is C19H18N2O5S. The fraction of sp³-hybridized carbons (Fsp3) is 0.105. The Morgan fingerprint density at radius 3 is 2.41 bits per heavy atom. The summed E-state index contributed by atoms with van der Waals surface area (Å²) in [6.45, 7) is 0.183. The van der Waals surface area contributed by atoms with Crippen molar-refractivity contribution in [3.63, 3.8) is 0 Å². The Morgan fingerprint density at radius 2 is 1.74 bits per heavy atom. The summed E-state index contributed by atoms with van der Waals surface area (Å²) in [5.74, 6) is 0.375. The van der Waals surface area contributed by atoms with Gasteiger partial charge in [-0.2, -0.15) is 0 Å². The number of furan rings is 1. The summed E-state index contributed by atoms with van der Waals surface area (Å²) in [6.07, 6.45) is 1.42. The van der Waals surface area contributed by atoms with Crippen LogP contribution in [0.1, 0.15) is 16.1 Å². The van der Waals surface area contributed by atoms with E-state index in [9.17, 15) is 13.2 Å². The first-order valence-corrected chi connectivity index (χ1v) is 9.57. The van der Waals surface area contributed by atoms with Crippen LogP contribution in [0.4, 0.5) is 5.69 Å². The highest BCUT2D eigenvalue weighted by molar-refractivity contribution is 7.89. The van der Waals surface area contributed by atoms with Gasteiger partial charge in [0.1, 0.15) is 12.4 Å². The van der Waals surface area contributed by atoms with E-state index in [1.807, 2.05) is 30.3 Å². The van der Waals surface area contributed by atoms with Gasteiger partial charge in [0.2, 0.25) is 10.0 Å². The molecule has 3 rings (SSSR count).